The number of carbonyl (C=O) groups excluding carboxylic acids is 1. The second kappa shape index (κ2) is 7.49. The number of nitrogens with zero attached hydrogens (tertiary/aromatic N) is 1. The Morgan fingerprint density at radius 3 is 2.61 bits per heavy atom. The molecule has 0 saturated carbocycles. The van der Waals surface area contributed by atoms with Crippen molar-refractivity contribution >= 4 is 17.7 Å². The number of carbonyl (C=O) groups is 1. The predicted molar refractivity (Wildman–Crippen MR) is 89.1 cm³/mol. The Bertz CT molecular complexity index is 552. The van der Waals surface area contributed by atoms with Crippen molar-refractivity contribution in [1.82, 2.24) is 10.2 Å². The molecule has 0 radical (unpaired) electrons. The third kappa shape index (κ3) is 5.99. The van der Waals surface area contributed by atoms with Gasteiger partial charge in [0, 0.05) is 25.7 Å². The van der Waals surface area contributed by atoms with Crippen LogP contribution in [0.2, 0.25) is 5.02 Å². The quantitative estimate of drug-likeness (QED) is 0.903. The molecule has 6 heteroatoms. The summed E-state index contributed by atoms with van der Waals surface area (Å²) in [6.45, 7) is 7.93. The zero-order chi connectivity index (χ0) is 17.0. The summed E-state index contributed by atoms with van der Waals surface area (Å²) in [5.41, 5.74) is 0.425. The van der Waals surface area contributed by atoms with Crippen LogP contribution in [0.5, 0.6) is 0 Å². The Balaban J connectivity index is 1.77. The Labute approximate surface area is 141 Å². The lowest BCUT2D eigenvalue weighted by molar-refractivity contribution is 0.0477. The Kier molecular flexibility index (Phi) is 5.87. The topological polar surface area (TPSA) is 41.6 Å². The molecule has 1 heterocycles. The Hall–Kier alpha value is -1.33. The highest BCUT2D eigenvalue weighted by Crippen LogP contribution is 2.19. The molecule has 0 spiro atoms. The normalized spacial score (nSPS) is 17.1. The van der Waals surface area contributed by atoms with Gasteiger partial charge in [0.05, 0.1) is 5.02 Å². The first-order valence-electron chi connectivity index (χ1n) is 7.89. The van der Waals surface area contributed by atoms with Gasteiger partial charge in [0.15, 0.2) is 0 Å². The van der Waals surface area contributed by atoms with Crippen LogP contribution in [0.1, 0.15) is 39.2 Å². The van der Waals surface area contributed by atoms with E-state index in [0.717, 1.165) is 31.5 Å². The van der Waals surface area contributed by atoms with Gasteiger partial charge in [-0.2, -0.15) is 0 Å². The average molecular weight is 343 g/mol. The number of benzene rings is 1. The van der Waals surface area contributed by atoms with E-state index in [-0.39, 0.29) is 23.0 Å². The number of likely N-dealkylation sites (tertiary alicyclic amines) is 1. The zero-order valence-corrected chi connectivity index (χ0v) is 14.6. The van der Waals surface area contributed by atoms with Gasteiger partial charge in [0.2, 0.25) is 0 Å². The second-order valence-corrected chi connectivity index (χ2v) is 7.35. The smallest absolute Gasteiger partial charge is 0.407 e. The van der Waals surface area contributed by atoms with Crippen LogP contribution in [-0.4, -0.2) is 35.7 Å². The van der Waals surface area contributed by atoms with Crippen molar-refractivity contribution in [2.75, 3.05) is 13.1 Å². The summed E-state index contributed by atoms with van der Waals surface area (Å²) in [6.07, 6.45) is 1.35. The molecule has 0 aliphatic carbocycles. The molecule has 0 atom stereocenters. The number of hydrogen-bond acceptors (Lipinski definition) is 3. The summed E-state index contributed by atoms with van der Waals surface area (Å²) >= 11 is 5.70. The van der Waals surface area contributed by atoms with Crippen molar-refractivity contribution in [2.24, 2.45) is 0 Å². The van der Waals surface area contributed by atoms with Gasteiger partial charge in [-0.15, -0.1) is 0 Å². The fraction of sp³-hybridized carbons (Fsp3) is 0.588. The summed E-state index contributed by atoms with van der Waals surface area (Å²) in [5.74, 6) is -0.384. The minimum Gasteiger partial charge on any atom is -0.444 e. The van der Waals surface area contributed by atoms with E-state index >= 15 is 0 Å². The van der Waals surface area contributed by atoms with Gasteiger partial charge < -0.3 is 10.1 Å². The highest BCUT2D eigenvalue weighted by atomic mass is 35.5. The number of hydrogen-bond donors (Lipinski definition) is 1. The van der Waals surface area contributed by atoms with Gasteiger partial charge in [0.1, 0.15) is 11.4 Å². The van der Waals surface area contributed by atoms with E-state index in [1.54, 1.807) is 6.07 Å². The molecule has 0 aromatic heterocycles. The molecular formula is C17H24ClFN2O2. The first-order chi connectivity index (χ1) is 10.7. The maximum atomic E-state index is 13.5. The molecule has 1 N–H and O–H groups in total. The molecule has 1 amide bonds. The van der Waals surface area contributed by atoms with Crippen LogP contribution < -0.4 is 5.32 Å². The first kappa shape index (κ1) is 18.0. The number of nitrogens with one attached hydrogen (secondary N) is 1. The zero-order valence-electron chi connectivity index (χ0n) is 13.9. The van der Waals surface area contributed by atoms with Gasteiger partial charge in [0.25, 0.3) is 0 Å². The van der Waals surface area contributed by atoms with Crippen LogP contribution in [0.15, 0.2) is 18.2 Å². The largest absolute Gasteiger partial charge is 0.444 e. The Morgan fingerprint density at radius 1 is 1.39 bits per heavy atom. The van der Waals surface area contributed by atoms with E-state index in [9.17, 15) is 9.18 Å². The van der Waals surface area contributed by atoms with E-state index in [0.29, 0.717) is 6.54 Å². The molecule has 1 aliphatic heterocycles. The summed E-state index contributed by atoms with van der Waals surface area (Å²) in [7, 11) is 0. The number of alkyl carbamates (subject to hydrolysis) is 1. The van der Waals surface area contributed by atoms with Crippen LogP contribution >= 0.6 is 11.6 Å². The highest BCUT2D eigenvalue weighted by Gasteiger charge is 2.23. The molecule has 0 bridgehead atoms. The molecule has 1 aliphatic rings. The number of ether oxygens (including phenoxy) is 1. The van der Waals surface area contributed by atoms with Gasteiger partial charge in [-0.05, 0) is 51.3 Å². The molecule has 1 fully saturated rings. The molecule has 23 heavy (non-hydrogen) atoms. The molecule has 128 valence electrons. The van der Waals surface area contributed by atoms with Crippen LogP contribution in [-0.2, 0) is 11.3 Å². The van der Waals surface area contributed by atoms with Crippen LogP contribution in [0.25, 0.3) is 0 Å². The molecule has 1 aromatic rings. The second-order valence-electron chi connectivity index (χ2n) is 6.95. The summed E-state index contributed by atoms with van der Waals surface area (Å²) < 4.78 is 18.7. The molecule has 4 nitrogen and oxygen atoms in total. The molecule has 2 rings (SSSR count). The minimum atomic E-state index is -0.483. The SMILES string of the molecule is CC(C)(C)OC(=O)NC1CCN(Cc2ccc(Cl)c(F)c2)CC1. The third-order valence-corrected chi connectivity index (χ3v) is 4.01. The van der Waals surface area contributed by atoms with Crippen molar-refractivity contribution in [3.05, 3.63) is 34.6 Å². The van der Waals surface area contributed by atoms with Crippen molar-refractivity contribution in [2.45, 2.75) is 51.8 Å². The number of halogens is 2. The van der Waals surface area contributed by atoms with E-state index in [4.69, 9.17) is 16.3 Å². The fourth-order valence-corrected chi connectivity index (χ4v) is 2.72. The lowest BCUT2D eigenvalue weighted by Crippen LogP contribution is -2.45. The van der Waals surface area contributed by atoms with E-state index in [1.165, 1.54) is 6.07 Å². The fourth-order valence-electron chi connectivity index (χ4n) is 2.61. The molecule has 1 saturated heterocycles. The summed E-state index contributed by atoms with van der Waals surface area (Å²) in [5, 5.41) is 3.06. The van der Waals surface area contributed by atoms with Gasteiger partial charge in [-0.3, -0.25) is 4.90 Å². The maximum Gasteiger partial charge on any atom is 0.407 e. The summed E-state index contributed by atoms with van der Waals surface area (Å²) in [6, 6.07) is 5.04. The maximum absolute atomic E-state index is 13.5. The molecule has 1 aromatic carbocycles. The summed E-state index contributed by atoms with van der Waals surface area (Å²) in [4.78, 5) is 14.0. The van der Waals surface area contributed by atoms with E-state index in [2.05, 4.69) is 10.2 Å². The van der Waals surface area contributed by atoms with Gasteiger partial charge in [-0.1, -0.05) is 17.7 Å². The van der Waals surface area contributed by atoms with Crippen LogP contribution in [0, 0.1) is 5.82 Å². The monoisotopic (exact) mass is 342 g/mol. The lowest BCUT2D eigenvalue weighted by atomic mass is 10.0. The van der Waals surface area contributed by atoms with E-state index < -0.39 is 5.60 Å². The first-order valence-corrected chi connectivity index (χ1v) is 8.26. The number of rotatable bonds is 3. The van der Waals surface area contributed by atoms with Crippen LogP contribution in [0.3, 0.4) is 0 Å². The van der Waals surface area contributed by atoms with Crippen LogP contribution in [0.4, 0.5) is 9.18 Å². The Morgan fingerprint density at radius 2 is 2.04 bits per heavy atom. The van der Waals surface area contributed by atoms with Crippen molar-refractivity contribution < 1.29 is 13.9 Å². The van der Waals surface area contributed by atoms with E-state index in [1.807, 2.05) is 26.8 Å². The van der Waals surface area contributed by atoms with Gasteiger partial charge >= 0.3 is 6.09 Å². The number of amides is 1. The highest BCUT2D eigenvalue weighted by molar-refractivity contribution is 6.30. The lowest BCUT2D eigenvalue weighted by Gasteiger charge is -2.32. The van der Waals surface area contributed by atoms with Crippen molar-refractivity contribution in [3.8, 4) is 0 Å². The van der Waals surface area contributed by atoms with Gasteiger partial charge in [-0.25, -0.2) is 9.18 Å². The minimum absolute atomic E-state index is 0.128. The predicted octanol–water partition coefficient (Wildman–Crippen LogP) is 3.97. The number of piperidine rings is 1. The van der Waals surface area contributed by atoms with Crippen molar-refractivity contribution in [1.29, 1.82) is 0 Å². The third-order valence-electron chi connectivity index (χ3n) is 3.70. The molecule has 0 unspecified atom stereocenters. The molecular weight excluding hydrogens is 319 g/mol. The van der Waals surface area contributed by atoms with Crippen molar-refractivity contribution in [3.63, 3.8) is 0 Å². The average Bonchev–Trinajstić information content (AvgIpc) is 2.43. The standard InChI is InChI=1S/C17H24ClFN2O2/c1-17(2,3)23-16(22)20-13-6-8-21(9-7-13)11-12-4-5-14(18)15(19)10-12/h4-5,10,13H,6-9,11H2,1-3H3,(H,20,22).